The highest BCUT2D eigenvalue weighted by Crippen LogP contribution is 2.29. The molecule has 0 fully saturated rings. The second-order valence-electron chi connectivity index (χ2n) is 7.25. The van der Waals surface area contributed by atoms with Gasteiger partial charge in [0.15, 0.2) is 15.9 Å². The standard InChI is InChI=1S/C22H29N5O3S2/c1-6-26(7-2)21-24-19-18(32-21)20(29)27(14(4)5)22(25-19)31-13-17(28)23-15-11-9-10-12-16(15)30-8-3/h9-12,14H,6-8,13H2,1-5H3,(H,23,28). The second kappa shape index (κ2) is 10.8. The van der Waals surface area contributed by atoms with Crippen LogP contribution >= 0.6 is 23.1 Å². The highest BCUT2D eigenvalue weighted by Gasteiger charge is 2.20. The monoisotopic (exact) mass is 475 g/mol. The summed E-state index contributed by atoms with van der Waals surface area (Å²) >= 11 is 2.60. The van der Waals surface area contributed by atoms with E-state index in [0.717, 1.165) is 18.2 Å². The van der Waals surface area contributed by atoms with Crippen LogP contribution in [-0.2, 0) is 4.79 Å². The van der Waals surface area contributed by atoms with E-state index >= 15 is 0 Å². The summed E-state index contributed by atoms with van der Waals surface area (Å²) in [7, 11) is 0. The summed E-state index contributed by atoms with van der Waals surface area (Å²) < 4.78 is 7.74. The number of hydrogen-bond donors (Lipinski definition) is 1. The van der Waals surface area contributed by atoms with Crippen LogP contribution in [0.5, 0.6) is 5.75 Å². The van der Waals surface area contributed by atoms with Gasteiger partial charge in [0.1, 0.15) is 10.4 Å². The lowest BCUT2D eigenvalue weighted by Gasteiger charge is -2.15. The molecule has 2 heterocycles. The first kappa shape index (κ1) is 24.1. The summed E-state index contributed by atoms with van der Waals surface area (Å²) in [5, 5.41) is 4.16. The van der Waals surface area contributed by atoms with Crippen molar-refractivity contribution < 1.29 is 9.53 Å². The molecule has 0 saturated heterocycles. The molecule has 1 aromatic carbocycles. The molecule has 3 rings (SSSR count). The molecule has 0 aliphatic rings. The summed E-state index contributed by atoms with van der Waals surface area (Å²) in [6.45, 7) is 12.0. The van der Waals surface area contributed by atoms with Crippen molar-refractivity contribution in [2.24, 2.45) is 0 Å². The minimum Gasteiger partial charge on any atom is -0.492 e. The molecule has 0 aliphatic carbocycles. The summed E-state index contributed by atoms with van der Waals surface area (Å²) in [6, 6.07) is 7.21. The molecule has 1 N–H and O–H groups in total. The van der Waals surface area contributed by atoms with Crippen molar-refractivity contribution in [3.63, 3.8) is 0 Å². The predicted molar refractivity (Wildman–Crippen MR) is 133 cm³/mol. The predicted octanol–water partition coefficient (Wildman–Crippen LogP) is 4.41. The van der Waals surface area contributed by atoms with Crippen molar-refractivity contribution >= 4 is 50.2 Å². The first-order valence-electron chi connectivity index (χ1n) is 10.7. The number of aromatic nitrogens is 3. The van der Waals surface area contributed by atoms with Gasteiger partial charge in [0, 0.05) is 19.1 Å². The molecule has 0 radical (unpaired) electrons. The lowest BCUT2D eigenvalue weighted by molar-refractivity contribution is -0.113. The van der Waals surface area contributed by atoms with Crippen LogP contribution in [0.25, 0.3) is 10.3 Å². The molecule has 8 nitrogen and oxygen atoms in total. The largest absolute Gasteiger partial charge is 0.492 e. The molecular weight excluding hydrogens is 446 g/mol. The Bertz CT molecular complexity index is 1140. The average molecular weight is 476 g/mol. The van der Waals surface area contributed by atoms with Gasteiger partial charge in [-0.05, 0) is 46.8 Å². The number of ether oxygens (including phenoxy) is 1. The zero-order valence-electron chi connectivity index (χ0n) is 19.0. The second-order valence-corrected chi connectivity index (χ2v) is 9.17. The smallest absolute Gasteiger partial charge is 0.274 e. The van der Waals surface area contributed by atoms with Crippen molar-refractivity contribution in [2.45, 2.75) is 45.8 Å². The summed E-state index contributed by atoms with van der Waals surface area (Å²) in [5.74, 6) is 0.533. The van der Waals surface area contributed by atoms with Crippen LogP contribution in [0.3, 0.4) is 0 Å². The quantitative estimate of drug-likeness (QED) is 0.343. The Hall–Kier alpha value is -2.59. The Morgan fingerprint density at radius 3 is 2.59 bits per heavy atom. The molecule has 0 atom stereocenters. The third kappa shape index (κ3) is 5.24. The number of anilines is 2. The molecular formula is C22H29N5O3S2. The van der Waals surface area contributed by atoms with Crippen molar-refractivity contribution in [3.05, 3.63) is 34.6 Å². The van der Waals surface area contributed by atoms with Gasteiger partial charge in [-0.25, -0.2) is 4.98 Å². The SMILES string of the molecule is CCOc1ccccc1NC(=O)CSc1nc2nc(N(CC)CC)sc2c(=O)n1C(C)C. The molecule has 3 aromatic rings. The van der Waals surface area contributed by atoms with Crippen LogP contribution < -0.4 is 20.5 Å². The number of thiazole rings is 1. The Labute approximate surface area is 196 Å². The zero-order valence-corrected chi connectivity index (χ0v) is 20.7. The Balaban J connectivity index is 1.85. The van der Waals surface area contributed by atoms with E-state index in [2.05, 4.69) is 34.0 Å². The number of rotatable bonds is 10. The molecule has 32 heavy (non-hydrogen) atoms. The number of carbonyl (C=O) groups excluding carboxylic acids is 1. The van der Waals surface area contributed by atoms with Gasteiger partial charge >= 0.3 is 0 Å². The molecule has 172 valence electrons. The maximum atomic E-state index is 13.2. The highest BCUT2D eigenvalue weighted by atomic mass is 32.2. The van der Waals surface area contributed by atoms with Crippen LogP contribution in [-0.4, -0.2) is 45.9 Å². The molecule has 10 heteroatoms. The van der Waals surface area contributed by atoms with E-state index in [1.54, 1.807) is 10.6 Å². The van der Waals surface area contributed by atoms with E-state index in [1.807, 2.05) is 39.0 Å². The fourth-order valence-corrected chi connectivity index (χ4v) is 5.20. The van der Waals surface area contributed by atoms with Crippen molar-refractivity contribution in [1.29, 1.82) is 0 Å². The number of nitrogens with one attached hydrogen (secondary N) is 1. The van der Waals surface area contributed by atoms with E-state index in [0.29, 0.717) is 33.5 Å². The van der Waals surface area contributed by atoms with Crippen molar-refractivity contribution in [1.82, 2.24) is 14.5 Å². The van der Waals surface area contributed by atoms with Crippen LogP contribution in [0.15, 0.2) is 34.2 Å². The number of hydrogen-bond acceptors (Lipinski definition) is 8. The van der Waals surface area contributed by atoms with Crippen LogP contribution in [0.1, 0.15) is 40.7 Å². The van der Waals surface area contributed by atoms with Crippen molar-refractivity contribution in [2.75, 3.05) is 35.7 Å². The average Bonchev–Trinajstić information content (AvgIpc) is 3.18. The number of nitrogens with zero attached hydrogens (tertiary/aromatic N) is 4. The van der Waals surface area contributed by atoms with E-state index in [9.17, 15) is 9.59 Å². The van der Waals surface area contributed by atoms with Crippen LogP contribution in [0.4, 0.5) is 10.8 Å². The maximum absolute atomic E-state index is 13.2. The maximum Gasteiger partial charge on any atom is 0.274 e. The van der Waals surface area contributed by atoms with Gasteiger partial charge < -0.3 is 15.0 Å². The van der Waals surface area contributed by atoms with Gasteiger partial charge in [0.2, 0.25) is 5.91 Å². The third-order valence-corrected chi connectivity index (χ3v) is 6.81. The normalized spacial score (nSPS) is 11.2. The number of thioether (sulfide) groups is 1. The van der Waals surface area contributed by atoms with Gasteiger partial charge in [0.25, 0.3) is 5.56 Å². The highest BCUT2D eigenvalue weighted by molar-refractivity contribution is 7.99. The minimum absolute atomic E-state index is 0.0948. The third-order valence-electron chi connectivity index (χ3n) is 4.76. The number of carbonyl (C=O) groups is 1. The first-order valence-corrected chi connectivity index (χ1v) is 12.5. The van der Waals surface area contributed by atoms with E-state index < -0.39 is 0 Å². The zero-order chi connectivity index (χ0) is 23.3. The summed E-state index contributed by atoms with van der Waals surface area (Å²) in [4.78, 5) is 37.2. The first-order chi connectivity index (χ1) is 15.4. The van der Waals surface area contributed by atoms with E-state index in [-0.39, 0.29) is 23.3 Å². The Morgan fingerprint density at radius 1 is 1.22 bits per heavy atom. The fourth-order valence-electron chi connectivity index (χ4n) is 3.21. The molecule has 1 amide bonds. The molecule has 0 spiro atoms. The number of benzene rings is 1. The van der Waals surface area contributed by atoms with Crippen LogP contribution in [0, 0.1) is 0 Å². The van der Waals surface area contributed by atoms with Gasteiger partial charge in [-0.2, -0.15) is 4.98 Å². The lowest BCUT2D eigenvalue weighted by Crippen LogP contribution is -2.25. The number of fused-ring (bicyclic) bond motifs is 1. The Kier molecular flexibility index (Phi) is 8.14. The van der Waals surface area contributed by atoms with E-state index in [1.165, 1.54) is 23.1 Å². The topological polar surface area (TPSA) is 89.3 Å². The summed E-state index contributed by atoms with van der Waals surface area (Å²) in [6.07, 6.45) is 0. The van der Waals surface area contributed by atoms with Gasteiger partial charge in [-0.15, -0.1) is 0 Å². The number of amides is 1. The molecule has 0 bridgehead atoms. The molecule has 0 aliphatic heterocycles. The molecule has 0 unspecified atom stereocenters. The van der Waals surface area contributed by atoms with Gasteiger partial charge in [-0.1, -0.05) is 35.2 Å². The van der Waals surface area contributed by atoms with Crippen LogP contribution in [0.2, 0.25) is 0 Å². The number of para-hydroxylation sites is 2. The van der Waals surface area contributed by atoms with Gasteiger partial charge in [-0.3, -0.25) is 14.2 Å². The summed E-state index contributed by atoms with van der Waals surface area (Å²) in [5.41, 5.74) is 0.932. The minimum atomic E-state index is -0.200. The fraction of sp³-hybridized carbons (Fsp3) is 0.455. The van der Waals surface area contributed by atoms with Gasteiger partial charge in [0.05, 0.1) is 18.0 Å². The van der Waals surface area contributed by atoms with Crippen molar-refractivity contribution in [3.8, 4) is 5.75 Å². The van der Waals surface area contributed by atoms with E-state index in [4.69, 9.17) is 4.74 Å². The lowest BCUT2D eigenvalue weighted by atomic mass is 10.3. The Morgan fingerprint density at radius 2 is 1.94 bits per heavy atom. The molecule has 2 aromatic heterocycles. The molecule has 0 saturated carbocycles.